The topological polar surface area (TPSA) is 35.5 Å². The van der Waals surface area contributed by atoms with Crippen molar-refractivity contribution in [3.8, 4) is 0 Å². The number of aliphatic hydroxyl groups is 1. The first kappa shape index (κ1) is 16.9. The average molecular weight is 270 g/mol. The summed E-state index contributed by atoms with van der Waals surface area (Å²) < 4.78 is 0. The zero-order chi connectivity index (χ0) is 14.3. The lowest BCUT2D eigenvalue weighted by molar-refractivity contribution is 0.0526. The van der Waals surface area contributed by atoms with Crippen molar-refractivity contribution < 1.29 is 5.11 Å². The Labute approximate surface area is 119 Å². The molecule has 1 aliphatic rings. The number of likely N-dealkylation sites (tertiary alicyclic amines) is 1. The first-order valence-corrected chi connectivity index (χ1v) is 8.12. The Morgan fingerprint density at radius 1 is 1.21 bits per heavy atom. The van der Waals surface area contributed by atoms with Gasteiger partial charge in [0.25, 0.3) is 0 Å². The lowest BCUT2D eigenvalue weighted by Crippen LogP contribution is -2.47. The molecule has 0 aromatic heterocycles. The second-order valence-corrected chi connectivity index (χ2v) is 6.74. The van der Waals surface area contributed by atoms with Gasteiger partial charge in [-0.3, -0.25) is 0 Å². The van der Waals surface area contributed by atoms with Gasteiger partial charge in [-0.05, 0) is 43.6 Å². The largest absolute Gasteiger partial charge is 0.393 e. The zero-order valence-corrected chi connectivity index (χ0v) is 13.4. The molecule has 0 radical (unpaired) electrons. The lowest BCUT2D eigenvalue weighted by atomic mass is 9.81. The molecule has 0 aliphatic carbocycles. The Morgan fingerprint density at radius 3 is 2.26 bits per heavy atom. The highest BCUT2D eigenvalue weighted by Gasteiger charge is 2.30. The predicted octanol–water partition coefficient (Wildman–Crippen LogP) is 2.50. The van der Waals surface area contributed by atoms with Gasteiger partial charge < -0.3 is 15.3 Å². The van der Waals surface area contributed by atoms with E-state index in [0.29, 0.717) is 5.41 Å². The van der Waals surface area contributed by atoms with Crippen LogP contribution in [-0.4, -0.2) is 48.8 Å². The standard InChI is InChI=1S/C16H34N2O/c1-5-16(6-2,12-17-11-14(3)4)13-18-9-7-15(19)8-10-18/h14-15,17,19H,5-13H2,1-4H3. The van der Waals surface area contributed by atoms with E-state index in [1.165, 1.54) is 19.4 Å². The zero-order valence-electron chi connectivity index (χ0n) is 13.4. The van der Waals surface area contributed by atoms with Gasteiger partial charge in [-0.15, -0.1) is 0 Å². The molecular weight excluding hydrogens is 236 g/mol. The maximum absolute atomic E-state index is 9.60. The highest BCUT2D eigenvalue weighted by atomic mass is 16.3. The normalized spacial score (nSPS) is 19.3. The van der Waals surface area contributed by atoms with Crippen molar-refractivity contribution in [3.63, 3.8) is 0 Å². The average Bonchev–Trinajstić information content (AvgIpc) is 2.40. The highest BCUT2D eigenvalue weighted by molar-refractivity contribution is 4.85. The van der Waals surface area contributed by atoms with E-state index in [2.05, 4.69) is 37.9 Å². The van der Waals surface area contributed by atoms with Crippen molar-refractivity contribution in [1.29, 1.82) is 0 Å². The molecule has 0 atom stereocenters. The number of hydrogen-bond donors (Lipinski definition) is 2. The number of aliphatic hydroxyl groups excluding tert-OH is 1. The third kappa shape index (κ3) is 5.80. The maximum atomic E-state index is 9.60. The molecule has 0 unspecified atom stereocenters. The van der Waals surface area contributed by atoms with Crippen LogP contribution in [0, 0.1) is 11.3 Å². The van der Waals surface area contributed by atoms with Crippen molar-refractivity contribution in [2.75, 3.05) is 32.7 Å². The number of nitrogens with one attached hydrogen (secondary N) is 1. The van der Waals surface area contributed by atoms with Crippen LogP contribution in [0.1, 0.15) is 53.4 Å². The smallest absolute Gasteiger partial charge is 0.0564 e. The number of piperidine rings is 1. The second-order valence-electron chi connectivity index (χ2n) is 6.74. The molecule has 0 amide bonds. The van der Waals surface area contributed by atoms with Gasteiger partial charge in [-0.2, -0.15) is 0 Å². The fourth-order valence-corrected chi connectivity index (χ4v) is 2.96. The molecule has 1 aliphatic heterocycles. The fourth-order valence-electron chi connectivity index (χ4n) is 2.96. The minimum absolute atomic E-state index is 0.0621. The molecule has 1 heterocycles. The van der Waals surface area contributed by atoms with E-state index in [1.54, 1.807) is 0 Å². The Balaban J connectivity index is 2.45. The quantitative estimate of drug-likeness (QED) is 0.711. The molecule has 0 aromatic rings. The molecule has 1 saturated heterocycles. The van der Waals surface area contributed by atoms with Gasteiger partial charge >= 0.3 is 0 Å². The minimum Gasteiger partial charge on any atom is -0.393 e. The summed E-state index contributed by atoms with van der Waals surface area (Å²) in [5, 5.41) is 13.3. The highest BCUT2D eigenvalue weighted by Crippen LogP contribution is 2.28. The Hall–Kier alpha value is -0.120. The van der Waals surface area contributed by atoms with Crippen molar-refractivity contribution in [2.24, 2.45) is 11.3 Å². The summed E-state index contributed by atoms with van der Waals surface area (Å²) in [5.74, 6) is 0.719. The van der Waals surface area contributed by atoms with E-state index in [-0.39, 0.29) is 6.10 Å². The van der Waals surface area contributed by atoms with Gasteiger partial charge in [0.2, 0.25) is 0 Å². The molecule has 1 rings (SSSR count). The predicted molar refractivity (Wildman–Crippen MR) is 82.4 cm³/mol. The number of nitrogens with zero attached hydrogens (tertiary/aromatic N) is 1. The third-order valence-corrected chi connectivity index (χ3v) is 4.67. The van der Waals surface area contributed by atoms with Gasteiger partial charge in [0, 0.05) is 26.2 Å². The Kier molecular flexibility index (Phi) is 7.33. The summed E-state index contributed by atoms with van der Waals surface area (Å²) in [6.45, 7) is 14.7. The molecule has 1 fully saturated rings. The Bertz CT molecular complexity index is 231. The second kappa shape index (κ2) is 8.23. The summed E-state index contributed by atoms with van der Waals surface area (Å²) in [5.41, 5.74) is 0.400. The molecule has 114 valence electrons. The summed E-state index contributed by atoms with van der Waals surface area (Å²) in [6, 6.07) is 0. The van der Waals surface area contributed by atoms with Crippen molar-refractivity contribution in [3.05, 3.63) is 0 Å². The van der Waals surface area contributed by atoms with Crippen molar-refractivity contribution in [2.45, 2.75) is 59.5 Å². The van der Waals surface area contributed by atoms with E-state index in [9.17, 15) is 5.11 Å². The lowest BCUT2D eigenvalue weighted by Gasteiger charge is -2.40. The third-order valence-electron chi connectivity index (χ3n) is 4.67. The fraction of sp³-hybridized carbons (Fsp3) is 1.00. The van der Waals surface area contributed by atoms with Crippen LogP contribution in [-0.2, 0) is 0 Å². The van der Waals surface area contributed by atoms with Crippen LogP contribution < -0.4 is 5.32 Å². The van der Waals surface area contributed by atoms with Gasteiger partial charge in [-0.1, -0.05) is 27.7 Å². The first-order chi connectivity index (χ1) is 9.01. The molecule has 2 N–H and O–H groups in total. The van der Waals surface area contributed by atoms with Crippen molar-refractivity contribution in [1.82, 2.24) is 10.2 Å². The van der Waals surface area contributed by atoms with Gasteiger partial charge in [0.05, 0.1) is 6.10 Å². The molecular formula is C16H34N2O. The van der Waals surface area contributed by atoms with Crippen LogP contribution in [0.25, 0.3) is 0 Å². The Morgan fingerprint density at radius 2 is 1.79 bits per heavy atom. The monoisotopic (exact) mass is 270 g/mol. The molecule has 3 heteroatoms. The van der Waals surface area contributed by atoms with E-state index >= 15 is 0 Å². The summed E-state index contributed by atoms with van der Waals surface area (Å²) in [4.78, 5) is 2.55. The molecule has 0 bridgehead atoms. The first-order valence-electron chi connectivity index (χ1n) is 8.12. The summed E-state index contributed by atoms with van der Waals surface area (Å²) in [7, 11) is 0. The molecule has 0 spiro atoms. The number of hydrogen-bond acceptors (Lipinski definition) is 3. The summed E-state index contributed by atoms with van der Waals surface area (Å²) >= 11 is 0. The van der Waals surface area contributed by atoms with E-state index in [4.69, 9.17) is 0 Å². The van der Waals surface area contributed by atoms with E-state index in [1.807, 2.05) is 0 Å². The van der Waals surface area contributed by atoms with E-state index < -0.39 is 0 Å². The van der Waals surface area contributed by atoms with Gasteiger partial charge in [-0.25, -0.2) is 0 Å². The van der Waals surface area contributed by atoms with Crippen LogP contribution in [0.2, 0.25) is 0 Å². The van der Waals surface area contributed by atoms with Gasteiger partial charge in [0.15, 0.2) is 0 Å². The van der Waals surface area contributed by atoms with Crippen LogP contribution in [0.3, 0.4) is 0 Å². The van der Waals surface area contributed by atoms with Crippen LogP contribution >= 0.6 is 0 Å². The van der Waals surface area contributed by atoms with Gasteiger partial charge in [0.1, 0.15) is 0 Å². The van der Waals surface area contributed by atoms with Crippen LogP contribution in [0.4, 0.5) is 0 Å². The van der Waals surface area contributed by atoms with Crippen LogP contribution in [0.15, 0.2) is 0 Å². The summed E-state index contributed by atoms with van der Waals surface area (Å²) in [6.07, 6.45) is 4.29. The SMILES string of the molecule is CCC(CC)(CNCC(C)C)CN1CCC(O)CC1. The maximum Gasteiger partial charge on any atom is 0.0564 e. The molecule has 19 heavy (non-hydrogen) atoms. The molecule has 0 aromatic carbocycles. The van der Waals surface area contributed by atoms with E-state index in [0.717, 1.165) is 44.9 Å². The molecule has 0 saturated carbocycles. The molecule has 3 nitrogen and oxygen atoms in total. The number of rotatable bonds is 8. The minimum atomic E-state index is -0.0621. The van der Waals surface area contributed by atoms with Crippen molar-refractivity contribution >= 4 is 0 Å². The van der Waals surface area contributed by atoms with Crippen LogP contribution in [0.5, 0.6) is 0 Å².